The quantitative estimate of drug-likeness (QED) is 0.590. The average molecular weight is 322 g/mol. The number of hydrogen-bond donors (Lipinski definition) is 1. The number of carbonyl (C=O) groups excluding carboxylic acids is 1. The monoisotopic (exact) mass is 322 g/mol. The van der Waals surface area contributed by atoms with Crippen molar-refractivity contribution >= 4 is 29.0 Å². The lowest BCUT2D eigenvalue weighted by Crippen LogP contribution is -2.14. The van der Waals surface area contributed by atoms with Crippen molar-refractivity contribution in [2.24, 2.45) is 0 Å². The number of rotatable bonds is 4. The molecule has 0 saturated heterocycles. The molecule has 0 spiro atoms. The summed E-state index contributed by atoms with van der Waals surface area (Å²) in [6.45, 7) is 1.99. The van der Waals surface area contributed by atoms with Crippen molar-refractivity contribution in [2.75, 3.05) is 5.32 Å². The smallest absolute Gasteiger partial charge is 0.230 e. The predicted octanol–water partition coefficient (Wildman–Crippen LogP) is 3.40. The van der Waals surface area contributed by atoms with E-state index in [2.05, 4.69) is 10.3 Å². The van der Waals surface area contributed by atoms with Crippen LogP contribution in [-0.4, -0.2) is 15.3 Å². The maximum atomic E-state index is 12.1. The number of carbonyl (C=O) groups is 1. The summed E-state index contributed by atoms with van der Waals surface area (Å²) in [5.74, 6) is -0.119. The molecule has 1 N–H and O–H groups in total. The lowest BCUT2D eigenvalue weighted by molar-refractivity contribution is -0.115. The van der Waals surface area contributed by atoms with Crippen LogP contribution >= 0.6 is 11.8 Å². The van der Waals surface area contributed by atoms with E-state index < -0.39 is 0 Å². The van der Waals surface area contributed by atoms with Crippen molar-refractivity contribution in [2.45, 2.75) is 18.2 Å². The Morgan fingerprint density at radius 3 is 2.83 bits per heavy atom. The molecule has 3 aromatic rings. The maximum Gasteiger partial charge on any atom is 0.230 e. The molecule has 2 heterocycles. The summed E-state index contributed by atoms with van der Waals surface area (Å²) in [6.07, 6.45) is 4.01. The maximum absolute atomic E-state index is 12.1. The van der Waals surface area contributed by atoms with Crippen molar-refractivity contribution in [3.63, 3.8) is 0 Å². The van der Waals surface area contributed by atoms with Crippen LogP contribution in [0.4, 0.5) is 5.69 Å². The summed E-state index contributed by atoms with van der Waals surface area (Å²) in [6, 6.07) is 11.1. The predicted molar refractivity (Wildman–Crippen MR) is 90.2 cm³/mol. The fraction of sp³-hybridized carbons (Fsp3) is 0.118. The molecule has 6 heteroatoms. The Labute approximate surface area is 138 Å². The average Bonchev–Trinajstić information content (AvgIpc) is 2.93. The molecule has 0 aliphatic rings. The van der Waals surface area contributed by atoms with Gasteiger partial charge >= 0.3 is 0 Å². The summed E-state index contributed by atoms with van der Waals surface area (Å²) >= 11 is 1.09. The number of pyridine rings is 1. The molecule has 0 unspecified atom stereocenters. The fourth-order valence-electron chi connectivity index (χ4n) is 2.32. The number of aryl methyl sites for hydroxylation is 1. The molecule has 2 aromatic heterocycles. The molecule has 3 rings (SSSR count). The molecule has 0 bridgehead atoms. The minimum Gasteiger partial charge on any atom is -0.326 e. The van der Waals surface area contributed by atoms with Gasteiger partial charge in [0, 0.05) is 23.0 Å². The van der Waals surface area contributed by atoms with Gasteiger partial charge in [0.15, 0.2) is 0 Å². The number of amides is 1. The molecule has 23 heavy (non-hydrogen) atoms. The van der Waals surface area contributed by atoms with Gasteiger partial charge in [0.2, 0.25) is 5.91 Å². The van der Waals surface area contributed by atoms with Crippen LogP contribution in [0, 0.1) is 17.6 Å². The Hall–Kier alpha value is -2.78. The van der Waals surface area contributed by atoms with Gasteiger partial charge in [-0.05, 0) is 54.6 Å². The second kappa shape index (κ2) is 6.55. The highest BCUT2D eigenvalue weighted by Gasteiger charge is 2.09. The summed E-state index contributed by atoms with van der Waals surface area (Å²) in [7, 11) is 0. The minimum absolute atomic E-state index is 0.119. The summed E-state index contributed by atoms with van der Waals surface area (Å²) in [5, 5.41) is 13.5. The van der Waals surface area contributed by atoms with E-state index in [0.29, 0.717) is 5.69 Å². The van der Waals surface area contributed by atoms with E-state index in [1.807, 2.05) is 41.3 Å². The standard InChI is InChI=1S/C17H14N4OS/c1-12-3-2-8-21-10-14(20-17(12)21)9-16(22)19-13-4-6-15(7-5-13)23-11-18/h2-8,10H,9H2,1H3,(H,19,22). The molecule has 0 atom stereocenters. The first-order chi connectivity index (χ1) is 11.2. The Bertz CT molecular complexity index is 893. The molecule has 0 fully saturated rings. The van der Waals surface area contributed by atoms with Gasteiger partial charge < -0.3 is 9.72 Å². The summed E-state index contributed by atoms with van der Waals surface area (Å²) in [4.78, 5) is 17.5. The van der Waals surface area contributed by atoms with Gasteiger partial charge in [0.05, 0.1) is 12.1 Å². The van der Waals surface area contributed by atoms with Crippen LogP contribution in [0.3, 0.4) is 0 Å². The molecular formula is C17H14N4OS. The number of aromatic nitrogens is 2. The zero-order chi connectivity index (χ0) is 16.2. The molecule has 0 aliphatic heterocycles. The first-order valence-corrected chi connectivity index (χ1v) is 7.86. The Kier molecular flexibility index (Phi) is 4.31. The van der Waals surface area contributed by atoms with Crippen molar-refractivity contribution in [1.29, 1.82) is 5.26 Å². The van der Waals surface area contributed by atoms with Crippen molar-refractivity contribution in [3.05, 3.63) is 60.0 Å². The van der Waals surface area contributed by atoms with Crippen molar-refractivity contribution in [1.82, 2.24) is 9.38 Å². The number of thioether (sulfide) groups is 1. The topological polar surface area (TPSA) is 70.2 Å². The van der Waals surface area contributed by atoms with Crippen molar-refractivity contribution < 1.29 is 4.79 Å². The van der Waals surface area contributed by atoms with Gasteiger partial charge in [0.1, 0.15) is 11.0 Å². The molecule has 1 amide bonds. The van der Waals surface area contributed by atoms with E-state index >= 15 is 0 Å². The number of nitrogens with zero attached hydrogens (tertiary/aromatic N) is 3. The number of anilines is 1. The zero-order valence-electron chi connectivity index (χ0n) is 12.5. The van der Waals surface area contributed by atoms with Gasteiger partial charge in [-0.3, -0.25) is 4.79 Å². The van der Waals surface area contributed by atoms with Crippen LogP contribution in [0.5, 0.6) is 0 Å². The van der Waals surface area contributed by atoms with Crippen molar-refractivity contribution in [3.8, 4) is 5.40 Å². The van der Waals surface area contributed by atoms with E-state index in [1.165, 1.54) is 0 Å². The highest BCUT2D eigenvalue weighted by atomic mass is 32.2. The fourth-order valence-corrected chi connectivity index (χ4v) is 2.70. The van der Waals surface area contributed by atoms with Gasteiger partial charge in [0.25, 0.3) is 0 Å². The van der Waals surface area contributed by atoms with E-state index in [9.17, 15) is 4.79 Å². The van der Waals surface area contributed by atoms with E-state index in [-0.39, 0.29) is 12.3 Å². The zero-order valence-corrected chi connectivity index (χ0v) is 13.3. The highest BCUT2D eigenvalue weighted by molar-refractivity contribution is 8.03. The van der Waals surface area contributed by atoms with Gasteiger partial charge in [-0.25, -0.2) is 4.98 Å². The lowest BCUT2D eigenvalue weighted by atomic mass is 10.3. The van der Waals surface area contributed by atoms with E-state index in [4.69, 9.17) is 5.26 Å². The Balaban J connectivity index is 1.68. The number of fused-ring (bicyclic) bond motifs is 1. The second-order valence-corrected chi connectivity index (χ2v) is 5.96. The number of thiocyanates is 1. The molecule has 1 aromatic carbocycles. The number of imidazole rings is 1. The first kappa shape index (κ1) is 15.1. The first-order valence-electron chi connectivity index (χ1n) is 7.05. The normalized spacial score (nSPS) is 10.4. The van der Waals surface area contributed by atoms with Crippen LogP contribution in [0.15, 0.2) is 53.7 Å². The van der Waals surface area contributed by atoms with Crippen LogP contribution in [0.1, 0.15) is 11.3 Å². The lowest BCUT2D eigenvalue weighted by Gasteiger charge is -2.04. The van der Waals surface area contributed by atoms with Crippen LogP contribution < -0.4 is 5.32 Å². The molecule has 0 radical (unpaired) electrons. The minimum atomic E-state index is -0.119. The highest BCUT2D eigenvalue weighted by Crippen LogP contribution is 2.19. The third kappa shape index (κ3) is 3.52. The molecule has 0 aliphatic carbocycles. The SMILES string of the molecule is Cc1cccn2cc(CC(=O)Nc3ccc(SC#N)cc3)nc12. The number of benzene rings is 1. The number of nitrogens with one attached hydrogen (secondary N) is 1. The number of hydrogen-bond acceptors (Lipinski definition) is 4. The van der Waals surface area contributed by atoms with Gasteiger partial charge in [-0.15, -0.1) is 0 Å². The second-order valence-electron chi connectivity index (χ2n) is 5.10. The third-order valence-corrected chi connectivity index (χ3v) is 3.97. The van der Waals surface area contributed by atoms with E-state index in [0.717, 1.165) is 33.6 Å². The Morgan fingerprint density at radius 1 is 1.35 bits per heavy atom. The van der Waals surface area contributed by atoms with Crippen LogP contribution in [0.25, 0.3) is 5.65 Å². The third-order valence-electron chi connectivity index (χ3n) is 3.37. The number of nitriles is 1. The van der Waals surface area contributed by atoms with Gasteiger partial charge in [-0.1, -0.05) is 6.07 Å². The molecule has 5 nitrogen and oxygen atoms in total. The van der Waals surface area contributed by atoms with Gasteiger partial charge in [-0.2, -0.15) is 5.26 Å². The van der Waals surface area contributed by atoms with E-state index in [1.54, 1.807) is 24.3 Å². The Morgan fingerprint density at radius 2 is 2.13 bits per heavy atom. The molecule has 0 saturated carbocycles. The summed E-state index contributed by atoms with van der Waals surface area (Å²) in [5.41, 5.74) is 3.38. The molecule has 114 valence electrons. The summed E-state index contributed by atoms with van der Waals surface area (Å²) < 4.78 is 1.92. The molecular weight excluding hydrogens is 308 g/mol. The largest absolute Gasteiger partial charge is 0.326 e. The van der Waals surface area contributed by atoms with Crippen LogP contribution in [-0.2, 0) is 11.2 Å². The van der Waals surface area contributed by atoms with Crippen LogP contribution in [0.2, 0.25) is 0 Å².